The van der Waals surface area contributed by atoms with Crippen molar-refractivity contribution in [1.82, 2.24) is 5.16 Å². The third-order valence-electron chi connectivity index (χ3n) is 3.87. The van der Waals surface area contributed by atoms with Crippen molar-refractivity contribution in [3.05, 3.63) is 71.2 Å². The molecule has 0 fully saturated rings. The molecule has 1 aromatic heterocycles. The van der Waals surface area contributed by atoms with E-state index in [9.17, 15) is 14.0 Å². The summed E-state index contributed by atoms with van der Waals surface area (Å²) in [7, 11) is 0. The van der Waals surface area contributed by atoms with E-state index in [-0.39, 0.29) is 19.0 Å². The Morgan fingerprint density at radius 1 is 1.15 bits per heavy atom. The molecule has 0 aliphatic heterocycles. The second-order valence-electron chi connectivity index (χ2n) is 5.73. The number of carbonyl (C=O) groups is 2. The number of halogens is 1. The highest BCUT2D eigenvalue weighted by Gasteiger charge is 2.15. The van der Waals surface area contributed by atoms with Crippen LogP contribution in [0.1, 0.15) is 21.6 Å². The van der Waals surface area contributed by atoms with E-state index in [1.165, 1.54) is 12.1 Å². The summed E-state index contributed by atoms with van der Waals surface area (Å²) < 4.78 is 28.7. The van der Waals surface area contributed by atoms with Gasteiger partial charge in [0.15, 0.2) is 12.4 Å². The van der Waals surface area contributed by atoms with Crippen molar-refractivity contribution in [2.24, 2.45) is 0 Å². The fourth-order valence-corrected chi connectivity index (χ4v) is 2.35. The molecule has 0 bridgehead atoms. The van der Waals surface area contributed by atoms with Crippen LogP contribution in [0.2, 0.25) is 0 Å². The van der Waals surface area contributed by atoms with Crippen LogP contribution in [-0.2, 0) is 16.1 Å². The van der Waals surface area contributed by atoms with Gasteiger partial charge in [0.2, 0.25) is 0 Å². The summed E-state index contributed by atoms with van der Waals surface area (Å²) in [6.07, 6.45) is 0.721. The number of nitrogens with zero attached hydrogens (tertiary/aromatic N) is 1. The molecular formula is C20H16FNO5. The van der Waals surface area contributed by atoms with E-state index < -0.39 is 5.97 Å². The van der Waals surface area contributed by atoms with E-state index in [2.05, 4.69) is 5.16 Å². The van der Waals surface area contributed by atoms with Gasteiger partial charge in [0.05, 0.1) is 0 Å². The highest BCUT2D eigenvalue weighted by atomic mass is 19.1. The van der Waals surface area contributed by atoms with Crippen LogP contribution in [0, 0.1) is 12.7 Å². The molecule has 2 aromatic carbocycles. The summed E-state index contributed by atoms with van der Waals surface area (Å²) >= 11 is 0. The molecule has 138 valence electrons. The van der Waals surface area contributed by atoms with Gasteiger partial charge in [-0.2, -0.15) is 0 Å². The first-order valence-electron chi connectivity index (χ1n) is 8.11. The SMILES string of the molecule is Cc1c(COC(=O)COc2ccc(C=O)cc2)noc1-c1ccc(F)cc1. The molecular weight excluding hydrogens is 353 g/mol. The third kappa shape index (κ3) is 4.58. The number of hydrogen-bond acceptors (Lipinski definition) is 6. The Labute approximate surface area is 154 Å². The van der Waals surface area contributed by atoms with Crippen molar-refractivity contribution in [3.63, 3.8) is 0 Å². The molecule has 1 heterocycles. The normalized spacial score (nSPS) is 10.4. The van der Waals surface area contributed by atoms with Crippen molar-refractivity contribution in [2.75, 3.05) is 6.61 Å². The molecule has 0 atom stereocenters. The summed E-state index contributed by atoms with van der Waals surface area (Å²) in [6, 6.07) is 12.2. The number of aldehydes is 1. The maximum absolute atomic E-state index is 13.0. The number of aromatic nitrogens is 1. The van der Waals surface area contributed by atoms with Gasteiger partial charge < -0.3 is 14.0 Å². The Morgan fingerprint density at radius 2 is 1.85 bits per heavy atom. The zero-order valence-corrected chi connectivity index (χ0v) is 14.5. The van der Waals surface area contributed by atoms with E-state index in [1.807, 2.05) is 0 Å². The second-order valence-corrected chi connectivity index (χ2v) is 5.73. The molecule has 0 saturated heterocycles. The summed E-state index contributed by atoms with van der Waals surface area (Å²) in [5.41, 5.74) is 2.38. The van der Waals surface area contributed by atoms with E-state index in [0.717, 1.165) is 6.29 Å². The number of rotatable bonds is 7. The minimum atomic E-state index is -0.569. The van der Waals surface area contributed by atoms with Crippen LogP contribution in [0.15, 0.2) is 53.1 Å². The summed E-state index contributed by atoms with van der Waals surface area (Å²) in [5.74, 6) is 0.0346. The molecule has 0 radical (unpaired) electrons. The molecule has 0 amide bonds. The summed E-state index contributed by atoms with van der Waals surface area (Å²) in [5, 5.41) is 3.90. The van der Waals surface area contributed by atoms with Crippen molar-refractivity contribution in [1.29, 1.82) is 0 Å². The molecule has 3 rings (SSSR count). The van der Waals surface area contributed by atoms with Crippen LogP contribution in [-0.4, -0.2) is 24.0 Å². The summed E-state index contributed by atoms with van der Waals surface area (Å²) in [4.78, 5) is 22.4. The Hall–Kier alpha value is -3.48. The van der Waals surface area contributed by atoms with Crippen molar-refractivity contribution in [3.8, 4) is 17.1 Å². The first-order chi connectivity index (χ1) is 13.1. The van der Waals surface area contributed by atoms with E-state index in [1.54, 1.807) is 43.3 Å². The van der Waals surface area contributed by atoms with Crippen LogP contribution < -0.4 is 4.74 Å². The van der Waals surface area contributed by atoms with Gasteiger partial charge in [0.25, 0.3) is 0 Å². The summed E-state index contributed by atoms with van der Waals surface area (Å²) in [6.45, 7) is 1.44. The number of carbonyl (C=O) groups excluding carboxylic acids is 2. The fourth-order valence-electron chi connectivity index (χ4n) is 2.35. The lowest BCUT2D eigenvalue weighted by Gasteiger charge is -2.06. The quantitative estimate of drug-likeness (QED) is 0.466. The highest BCUT2D eigenvalue weighted by Crippen LogP contribution is 2.26. The minimum absolute atomic E-state index is 0.0667. The monoisotopic (exact) mass is 369 g/mol. The first-order valence-corrected chi connectivity index (χ1v) is 8.11. The van der Waals surface area contributed by atoms with Crippen LogP contribution in [0.5, 0.6) is 5.75 Å². The lowest BCUT2D eigenvalue weighted by atomic mass is 10.1. The Kier molecular flexibility index (Phi) is 5.61. The average molecular weight is 369 g/mol. The zero-order valence-electron chi connectivity index (χ0n) is 14.5. The second kappa shape index (κ2) is 8.27. The van der Waals surface area contributed by atoms with E-state index >= 15 is 0 Å². The smallest absolute Gasteiger partial charge is 0.344 e. The number of benzene rings is 2. The minimum Gasteiger partial charge on any atom is -0.482 e. The van der Waals surface area contributed by atoms with E-state index in [0.29, 0.717) is 33.9 Å². The van der Waals surface area contributed by atoms with Gasteiger partial charge in [-0.05, 0) is 55.5 Å². The maximum atomic E-state index is 13.0. The molecule has 0 saturated carbocycles. The van der Waals surface area contributed by atoms with Crippen molar-refractivity contribution >= 4 is 12.3 Å². The third-order valence-corrected chi connectivity index (χ3v) is 3.87. The van der Waals surface area contributed by atoms with Crippen molar-refractivity contribution < 1.29 is 28.0 Å². The van der Waals surface area contributed by atoms with Gasteiger partial charge in [-0.3, -0.25) is 4.79 Å². The molecule has 0 unspecified atom stereocenters. The molecule has 3 aromatic rings. The van der Waals surface area contributed by atoms with Gasteiger partial charge in [-0.25, -0.2) is 9.18 Å². The molecule has 6 nitrogen and oxygen atoms in total. The van der Waals surface area contributed by atoms with Crippen LogP contribution >= 0.6 is 0 Å². The predicted molar refractivity (Wildman–Crippen MR) is 93.8 cm³/mol. The van der Waals surface area contributed by atoms with Gasteiger partial charge >= 0.3 is 5.97 Å². The van der Waals surface area contributed by atoms with Gasteiger partial charge in [-0.1, -0.05) is 5.16 Å². The standard InChI is InChI=1S/C20H16FNO5/c1-13-18(22-27-20(13)15-4-6-16(21)7-5-15)11-26-19(24)12-25-17-8-2-14(10-23)3-9-17/h2-10H,11-12H2,1H3. The van der Waals surface area contributed by atoms with Gasteiger partial charge in [0.1, 0.15) is 30.2 Å². The zero-order chi connectivity index (χ0) is 19.2. The first kappa shape index (κ1) is 18.3. The van der Waals surface area contributed by atoms with Crippen LogP contribution in [0.3, 0.4) is 0 Å². The Bertz CT molecular complexity index is 932. The predicted octanol–water partition coefficient (Wildman–Crippen LogP) is 3.72. The molecule has 0 aliphatic carbocycles. The van der Waals surface area contributed by atoms with Crippen LogP contribution in [0.4, 0.5) is 4.39 Å². The lowest BCUT2D eigenvalue weighted by Crippen LogP contribution is -2.15. The van der Waals surface area contributed by atoms with E-state index in [4.69, 9.17) is 14.0 Å². The van der Waals surface area contributed by atoms with Gasteiger partial charge in [0, 0.05) is 16.7 Å². The number of ether oxygens (including phenoxy) is 2. The topological polar surface area (TPSA) is 78.6 Å². The molecule has 7 heteroatoms. The Balaban J connectivity index is 1.54. The Morgan fingerprint density at radius 3 is 2.52 bits per heavy atom. The molecule has 0 spiro atoms. The van der Waals surface area contributed by atoms with Crippen molar-refractivity contribution in [2.45, 2.75) is 13.5 Å². The largest absolute Gasteiger partial charge is 0.482 e. The van der Waals surface area contributed by atoms with Gasteiger partial charge in [-0.15, -0.1) is 0 Å². The fraction of sp³-hybridized carbons (Fsp3) is 0.150. The average Bonchev–Trinajstić information content (AvgIpc) is 3.06. The maximum Gasteiger partial charge on any atom is 0.344 e. The number of esters is 1. The number of hydrogen-bond donors (Lipinski definition) is 0. The lowest BCUT2D eigenvalue weighted by molar-refractivity contribution is -0.147. The molecule has 0 aliphatic rings. The van der Waals surface area contributed by atoms with Crippen LogP contribution in [0.25, 0.3) is 11.3 Å². The molecule has 0 N–H and O–H groups in total. The highest BCUT2D eigenvalue weighted by molar-refractivity contribution is 5.75. The molecule has 27 heavy (non-hydrogen) atoms.